The second-order valence-electron chi connectivity index (χ2n) is 14.3. The topological polar surface area (TPSA) is 83.1 Å². The van der Waals surface area contributed by atoms with Gasteiger partial charge in [0.15, 0.2) is 0 Å². The summed E-state index contributed by atoms with van der Waals surface area (Å²) in [6.07, 6.45) is 7.95. The molecule has 0 heterocycles. The van der Waals surface area contributed by atoms with Crippen LogP contribution in [0.5, 0.6) is 0 Å². The molecule has 1 aliphatic rings. The van der Waals surface area contributed by atoms with Crippen molar-refractivity contribution < 1.29 is 39.8 Å². The standard InChI is InChI=1S/C39H84O9S6Si3/c1-13-40-55(41-14-2,42-15-3)34(10)31-52-49-27-24-37-22-23-38(25-28-50-53-32-35(11)56(43-16-4,44-17-5)45-18-6)39(30-37)26-29-51-54-33-36(12)57(46-19-7,47-20-8)48-21-9/h34-39H,13-33H2,1-12H3. The van der Waals surface area contributed by atoms with Crippen LogP contribution < -0.4 is 0 Å². The molecule has 0 saturated heterocycles. The first-order valence-electron chi connectivity index (χ1n) is 22.0. The van der Waals surface area contributed by atoms with Gasteiger partial charge in [-0.3, -0.25) is 0 Å². The van der Waals surface area contributed by atoms with Gasteiger partial charge in [0.25, 0.3) is 0 Å². The lowest BCUT2D eigenvalue weighted by molar-refractivity contribution is 0.0639. The Morgan fingerprint density at radius 2 is 0.667 bits per heavy atom. The Hall–Kier alpha value is 2.39. The van der Waals surface area contributed by atoms with E-state index in [9.17, 15) is 0 Å². The molecular formula is C39H84O9S6Si3. The maximum Gasteiger partial charge on any atom is 0.504 e. The van der Waals surface area contributed by atoms with Gasteiger partial charge in [0, 0.05) is 111 Å². The minimum absolute atomic E-state index is 0.261. The van der Waals surface area contributed by atoms with Crippen molar-refractivity contribution >= 4 is 91.2 Å². The van der Waals surface area contributed by atoms with Crippen LogP contribution in [-0.4, -0.2) is 120 Å². The molecule has 0 radical (unpaired) electrons. The quantitative estimate of drug-likeness (QED) is 0.0333. The molecule has 18 heteroatoms. The van der Waals surface area contributed by atoms with Crippen LogP contribution >= 0.6 is 64.8 Å². The fourth-order valence-corrected chi connectivity index (χ4v) is 25.8. The zero-order valence-electron chi connectivity index (χ0n) is 37.9. The number of hydrogen-bond acceptors (Lipinski definition) is 15. The highest BCUT2D eigenvalue weighted by atomic mass is 33.1. The lowest BCUT2D eigenvalue weighted by Gasteiger charge is -2.37. The minimum Gasteiger partial charge on any atom is -0.374 e. The molecule has 57 heavy (non-hydrogen) atoms. The fraction of sp³-hybridized carbons (Fsp3) is 1.00. The van der Waals surface area contributed by atoms with E-state index >= 15 is 0 Å². The van der Waals surface area contributed by atoms with Crippen LogP contribution in [0.15, 0.2) is 0 Å². The van der Waals surface area contributed by atoms with E-state index in [1.807, 2.05) is 127 Å². The average Bonchev–Trinajstić information content (AvgIpc) is 3.18. The summed E-state index contributed by atoms with van der Waals surface area (Å²) in [6, 6.07) is 0. The Morgan fingerprint density at radius 3 is 0.965 bits per heavy atom. The van der Waals surface area contributed by atoms with E-state index in [4.69, 9.17) is 39.8 Å². The Morgan fingerprint density at radius 1 is 0.386 bits per heavy atom. The third-order valence-electron chi connectivity index (χ3n) is 10.1. The van der Waals surface area contributed by atoms with E-state index < -0.39 is 26.4 Å². The molecule has 0 aromatic rings. The minimum atomic E-state index is -2.69. The van der Waals surface area contributed by atoms with Crippen molar-refractivity contribution in [3.05, 3.63) is 0 Å². The van der Waals surface area contributed by atoms with Gasteiger partial charge in [0.05, 0.1) is 0 Å². The second kappa shape index (κ2) is 34.8. The molecule has 0 aromatic heterocycles. The molecule has 1 fully saturated rings. The Bertz CT molecular complexity index is 909. The fourth-order valence-electron chi connectivity index (χ4n) is 7.43. The molecule has 6 atom stereocenters. The Kier molecular flexibility index (Phi) is 35.0. The van der Waals surface area contributed by atoms with E-state index in [0.29, 0.717) is 59.5 Å². The molecule has 1 saturated carbocycles. The van der Waals surface area contributed by atoms with Crippen LogP contribution in [-0.2, 0) is 39.8 Å². The average molecular weight is 974 g/mol. The van der Waals surface area contributed by atoms with Gasteiger partial charge in [-0.05, 0) is 112 Å². The first kappa shape index (κ1) is 57.4. The van der Waals surface area contributed by atoms with Crippen molar-refractivity contribution in [3.63, 3.8) is 0 Å². The molecule has 0 N–H and O–H groups in total. The summed E-state index contributed by atoms with van der Waals surface area (Å²) >= 11 is 0. The van der Waals surface area contributed by atoms with Crippen LogP contribution in [0.25, 0.3) is 0 Å². The maximum absolute atomic E-state index is 6.20. The molecule has 0 spiro atoms. The summed E-state index contributed by atoms with van der Waals surface area (Å²) in [5, 5.41) is 0. The van der Waals surface area contributed by atoms with Gasteiger partial charge < -0.3 is 39.8 Å². The van der Waals surface area contributed by atoms with Gasteiger partial charge in [-0.1, -0.05) is 92.0 Å². The third-order valence-corrected chi connectivity index (χ3v) is 29.3. The lowest BCUT2D eigenvalue weighted by Crippen LogP contribution is -2.50. The third kappa shape index (κ3) is 21.3. The van der Waals surface area contributed by atoms with Gasteiger partial charge in [-0.2, -0.15) is 0 Å². The molecule has 1 rings (SSSR count). The molecule has 0 bridgehead atoms. The number of hydrogen-bond donors (Lipinski definition) is 0. The summed E-state index contributed by atoms with van der Waals surface area (Å²) < 4.78 is 55.7. The molecule has 342 valence electrons. The van der Waals surface area contributed by atoms with E-state index in [2.05, 4.69) is 20.8 Å². The lowest BCUT2D eigenvalue weighted by atomic mass is 9.71. The van der Waals surface area contributed by atoms with Gasteiger partial charge in [0.2, 0.25) is 0 Å². The predicted octanol–water partition coefficient (Wildman–Crippen LogP) is 12.6. The summed E-state index contributed by atoms with van der Waals surface area (Å²) in [7, 11) is 3.97. The van der Waals surface area contributed by atoms with Crippen LogP contribution in [0.1, 0.15) is 122 Å². The van der Waals surface area contributed by atoms with Crippen LogP contribution in [0.3, 0.4) is 0 Å². The predicted molar refractivity (Wildman–Crippen MR) is 263 cm³/mol. The molecular weight excluding hydrogens is 889 g/mol. The van der Waals surface area contributed by atoms with Crippen molar-refractivity contribution in [2.45, 2.75) is 138 Å². The molecule has 6 unspecified atom stereocenters. The monoisotopic (exact) mass is 972 g/mol. The highest BCUT2D eigenvalue weighted by Crippen LogP contribution is 2.44. The van der Waals surface area contributed by atoms with E-state index in [0.717, 1.165) is 35.0 Å². The molecule has 9 nitrogen and oxygen atoms in total. The summed E-state index contributed by atoms with van der Waals surface area (Å²) in [4.78, 5) is 0. The largest absolute Gasteiger partial charge is 0.504 e. The van der Waals surface area contributed by atoms with Gasteiger partial charge in [-0.25, -0.2) is 0 Å². The molecule has 0 aromatic carbocycles. The summed E-state index contributed by atoms with van der Waals surface area (Å²) in [5.41, 5.74) is 0.797. The zero-order valence-corrected chi connectivity index (χ0v) is 45.8. The first-order valence-corrected chi connectivity index (χ1v) is 34.9. The summed E-state index contributed by atoms with van der Waals surface area (Å²) in [6.45, 7) is 30.7. The molecule has 1 aliphatic carbocycles. The Balaban J connectivity index is 2.79. The van der Waals surface area contributed by atoms with Crippen LogP contribution in [0.2, 0.25) is 16.6 Å². The van der Waals surface area contributed by atoms with Gasteiger partial charge in [0.1, 0.15) is 0 Å². The van der Waals surface area contributed by atoms with Crippen molar-refractivity contribution in [1.29, 1.82) is 0 Å². The normalized spacial score (nSPS) is 19.9. The van der Waals surface area contributed by atoms with E-state index in [-0.39, 0.29) is 16.6 Å². The maximum atomic E-state index is 6.20. The van der Waals surface area contributed by atoms with Gasteiger partial charge in [-0.15, -0.1) is 0 Å². The second-order valence-corrected chi connectivity index (χ2v) is 31.4. The van der Waals surface area contributed by atoms with Crippen LogP contribution in [0.4, 0.5) is 0 Å². The molecule has 0 aliphatic heterocycles. The SMILES string of the molecule is CCO[Si](OCC)(OCC)C(C)CSSCCC1CCC(CCSSCC(C)[Si](OCC)(OCC)OCC)C(CCSSCC(C)[Si](OCC)(OCC)OCC)C1. The van der Waals surface area contributed by atoms with Crippen molar-refractivity contribution in [3.8, 4) is 0 Å². The highest BCUT2D eigenvalue weighted by molar-refractivity contribution is 8.77. The zero-order chi connectivity index (χ0) is 42.4. The van der Waals surface area contributed by atoms with E-state index in [1.165, 1.54) is 55.8 Å². The summed E-state index contributed by atoms with van der Waals surface area (Å²) in [5.74, 6) is 8.92. The van der Waals surface area contributed by atoms with Crippen molar-refractivity contribution in [2.75, 3.05) is 94.0 Å². The van der Waals surface area contributed by atoms with E-state index in [1.54, 1.807) is 0 Å². The molecule has 0 amide bonds. The van der Waals surface area contributed by atoms with Crippen molar-refractivity contribution in [1.82, 2.24) is 0 Å². The smallest absolute Gasteiger partial charge is 0.374 e. The first-order chi connectivity index (χ1) is 27.6. The van der Waals surface area contributed by atoms with Crippen molar-refractivity contribution in [2.24, 2.45) is 17.8 Å². The Labute approximate surface area is 378 Å². The van der Waals surface area contributed by atoms with Gasteiger partial charge >= 0.3 is 26.4 Å². The number of rotatable bonds is 39. The highest BCUT2D eigenvalue weighted by Gasteiger charge is 2.48. The van der Waals surface area contributed by atoms with Crippen LogP contribution in [0, 0.1) is 17.8 Å².